The van der Waals surface area contributed by atoms with Crippen LogP contribution in [0.15, 0.2) is 48.5 Å². The maximum absolute atomic E-state index is 12.3. The molecule has 1 heterocycles. The molecule has 0 atom stereocenters. The number of fused-ring (bicyclic) bond motifs is 1. The molecule has 124 valence electrons. The van der Waals surface area contributed by atoms with Crippen LogP contribution in [-0.4, -0.2) is 24.9 Å². The molecule has 0 bridgehead atoms. The Balaban J connectivity index is 1.48. The molecule has 0 unspecified atom stereocenters. The highest BCUT2D eigenvalue weighted by molar-refractivity contribution is 5.98. The maximum atomic E-state index is 12.3. The van der Waals surface area contributed by atoms with Gasteiger partial charge in [-0.05, 0) is 36.1 Å². The Kier molecular flexibility index (Phi) is 4.79. The third-order valence-electron chi connectivity index (χ3n) is 4.30. The van der Waals surface area contributed by atoms with Crippen LogP contribution in [0, 0.1) is 0 Å². The maximum Gasteiger partial charge on any atom is 0.246 e. The average molecular weight is 323 g/mol. The Morgan fingerprint density at radius 2 is 1.83 bits per heavy atom. The fourth-order valence-electron chi connectivity index (χ4n) is 2.97. The SMILES string of the molecule is Nc1ccccc1CCC(=O)NCC(=O)N1CCc2ccccc21. The molecule has 5 nitrogen and oxygen atoms in total. The van der Waals surface area contributed by atoms with Gasteiger partial charge in [-0.15, -0.1) is 0 Å². The highest BCUT2D eigenvalue weighted by Gasteiger charge is 2.23. The van der Waals surface area contributed by atoms with Gasteiger partial charge >= 0.3 is 0 Å². The molecule has 0 radical (unpaired) electrons. The molecule has 0 spiro atoms. The normalized spacial score (nSPS) is 12.8. The van der Waals surface area contributed by atoms with Crippen molar-refractivity contribution in [3.8, 4) is 0 Å². The molecule has 2 aromatic rings. The van der Waals surface area contributed by atoms with Crippen molar-refractivity contribution in [1.29, 1.82) is 0 Å². The first-order valence-corrected chi connectivity index (χ1v) is 8.13. The number of amides is 2. The van der Waals surface area contributed by atoms with Gasteiger partial charge in [-0.3, -0.25) is 9.59 Å². The smallest absolute Gasteiger partial charge is 0.246 e. The van der Waals surface area contributed by atoms with E-state index in [0.29, 0.717) is 25.1 Å². The first-order valence-electron chi connectivity index (χ1n) is 8.13. The van der Waals surface area contributed by atoms with Crippen LogP contribution in [0.2, 0.25) is 0 Å². The first kappa shape index (κ1) is 16.1. The number of benzene rings is 2. The second-order valence-corrected chi connectivity index (χ2v) is 5.90. The summed E-state index contributed by atoms with van der Waals surface area (Å²) in [4.78, 5) is 26.0. The molecule has 0 fully saturated rings. The minimum Gasteiger partial charge on any atom is -0.399 e. The predicted molar refractivity (Wildman–Crippen MR) is 94.7 cm³/mol. The molecular formula is C19H21N3O2. The Labute approximate surface area is 141 Å². The summed E-state index contributed by atoms with van der Waals surface area (Å²) < 4.78 is 0. The van der Waals surface area contributed by atoms with E-state index in [1.807, 2.05) is 48.5 Å². The van der Waals surface area contributed by atoms with Gasteiger partial charge in [0.1, 0.15) is 0 Å². The van der Waals surface area contributed by atoms with E-state index in [4.69, 9.17) is 5.73 Å². The molecule has 1 aliphatic rings. The molecule has 5 heteroatoms. The highest BCUT2D eigenvalue weighted by atomic mass is 16.2. The summed E-state index contributed by atoms with van der Waals surface area (Å²) in [6.07, 6.45) is 1.75. The lowest BCUT2D eigenvalue weighted by molar-refractivity contribution is -0.124. The Hall–Kier alpha value is -2.82. The molecule has 24 heavy (non-hydrogen) atoms. The van der Waals surface area contributed by atoms with E-state index < -0.39 is 0 Å². The molecule has 3 N–H and O–H groups in total. The average Bonchev–Trinajstić information content (AvgIpc) is 3.03. The van der Waals surface area contributed by atoms with Gasteiger partial charge in [-0.2, -0.15) is 0 Å². The second kappa shape index (κ2) is 7.17. The van der Waals surface area contributed by atoms with E-state index in [2.05, 4.69) is 5.32 Å². The van der Waals surface area contributed by atoms with E-state index in [9.17, 15) is 9.59 Å². The predicted octanol–water partition coefficient (Wildman–Crippen LogP) is 1.91. The van der Waals surface area contributed by atoms with Crippen LogP contribution in [-0.2, 0) is 22.4 Å². The monoisotopic (exact) mass is 323 g/mol. The number of nitrogen functional groups attached to an aromatic ring is 1. The number of carbonyl (C=O) groups is 2. The minimum absolute atomic E-state index is 0.0252. The van der Waals surface area contributed by atoms with Crippen LogP contribution in [0.3, 0.4) is 0 Å². The number of aryl methyl sites for hydroxylation is 1. The van der Waals surface area contributed by atoms with Gasteiger partial charge in [0.05, 0.1) is 6.54 Å². The van der Waals surface area contributed by atoms with E-state index >= 15 is 0 Å². The molecule has 0 aliphatic carbocycles. The third kappa shape index (κ3) is 3.56. The molecule has 0 aromatic heterocycles. The van der Waals surface area contributed by atoms with Crippen molar-refractivity contribution in [2.45, 2.75) is 19.3 Å². The number of hydrogen-bond acceptors (Lipinski definition) is 3. The first-order chi connectivity index (χ1) is 11.6. The number of para-hydroxylation sites is 2. The van der Waals surface area contributed by atoms with Crippen LogP contribution >= 0.6 is 0 Å². The summed E-state index contributed by atoms with van der Waals surface area (Å²) in [5.74, 6) is -0.216. The van der Waals surface area contributed by atoms with Crippen molar-refractivity contribution < 1.29 is 9.59 Å². The van der Waals surface area contributed by atoms with Gasteiger partial charge in [0.2, 0.25) is 11.8 Å². The molecule has 3 rings (SSSR count). The van der Waals surface area contributed by atoms with Crippen LogP contribution < -0.4 is 16.0 Å². The van der Waals surface area contributed by atoms with Gasteiger partial charge in [0, 0.05) is 24.3 Å². The zero-order valence-corrected chi connectivity index (χ0v) is 13.5. The molecule has 1 aliphatic heterocycles. The standard InChI is InChI=1S/C19H21N3O2/c20-16-7-3-1-5-14(16)9-10-18(23)21-13-19(24)22-12-11-15-6-2-4-8-17(15)22/h1-8H,9-13,20H2,(H,21,23). The number of anilines is 2. The fourth-order valence-corrected chi connectivity index (χ4v) is 2.97. The summed E-state index contributed by atoms with van der Waals surface area (Å²) in [7, 11) is 0. The summed E-state index contributed by atoms with van der Waals surface area (Å²) in [6.45, 7) is 0.700. The third-order valence-corrected chi connectivity index (χ3v) is 4.30. The van der Waals surface area contributed by atoms with E-state index in [1.54, 1.807) is 4.90 Å². The fraction of sp³-hybridized carbons (Fsp3) is 0.263. The minimum atomic E-state index is -0.140. The molecule has 2 aromatic carbocycles. The molecule has 0 saturated carbocycles. The van der Waals surface area contributed by atoms with Gasteiger partial charge < -0.3 is 16.0 Å². The van der Waals surface area contributed by atoms with Gasteiger partial charge in [-0.25, -0.2) is 0 Å². The zero-order chi connectivity index (χ0) is 16.9. The van der Waals surface area contributed by atoms with Crippen molar-refractivity contribution in [3.63, 3.8) is 0 Å². The lowest BCUT2D eigenvalue weighted by atomic mass is 10.1. The van der Waals surface area contributed by atoms with Crippen molar-refractivity contribution in [2.24, 2.45) is 0 Å². The lowest BCUT2D eigenvalue weighted by Gasteiger charge is -2.17. The van der Waals surface area contributed by atoms with Gasteiger partial charge in [0.25, 0.3) is 0 Å². The van der Waals surface area contributed by atoms with Crippen molar-refractivity contribution >= 4 is 23.2 Å². The number of nitrogens with zero attached hydrogens (tertiary/aromatic N) is 1. The van der Waals surface area contributed by atoms with E-state index in [0.717, 1.165) is 17.7 Å². The largest absolute Gasteiger partial charge is 0.399 e. The Morgan fingerprint density at radius 1 is 1.08 bits per heavy atom. The topological polar surface area (TPSA) is 75.4 Å². The summed E-state index contributed by atoms with van der Waals surface area (Å²) >= 11 is 0. The molecule has 0 saturated heterocycles. The molecular weight excluding hydrogens is 302 g/mol. The summed E-state index contributed by atoms with van der Waals surface area (Å²) in [5.41, 5.74) is 9.64. The number of nitrogens with one attached hydrogen (secondary N) is 1. The second-order valence-electron chi connectivity index (χ2n) is 5.90. The summed E-state index contributed by atoms with van der Waals surface area (Å²) in [6, 6.07) is 15.4. The van der Waals surface area contributed by atoms with E-state index in [1.165, 1.54) is 5.56 Å². The highest BCUT2D eigenvalue weighted by Crippen LogP contribution is 2.27. The van der Waals surface area contributed by atoms with Gasteiger partial charge in [-0.1, -0.05) is 36.4 Å². The Morgan fingerprint density at radius 3 is 2.67 bits per heavy atom. The van der Waals surface area contributed by atoms with Gasteiger partial charge in [0.15, 0.2) is 0 Å². The zero-order valence-electron chi connectivity index (χ0n) is 13.5. The van der Waals surface area contributed by atoms with Crippen molar-refractivity contribution in [1.82, 2.24) is 5.32 Å². The van der Waals surface area contributed by atoms with Crippen LogP contribution in [0.1, 0.15) is 17.5 Å². The number of nitrogens with two attached hydrogens (primary N) is 1. The number of rotatable bonds is 5. The quantitative estimate of drug-likeness (QED) is 0.825. The number of carbonyl (C=O) groups excluding carboxylic acids is 2. The Bertz CT molecular complexity index is 758. The van der Waals surface area contributed by atoms with E-state index in [-0.39, 0.29) is 18.4 Å². The molecule has 2 amide bonds. The van der Waals surface area contributed by atoms with Crippen LogP contribution in [0.25, 0.3) is 0 Å². The van der Waals surface area contributed by atoms with Crippen molar-refractivity contribution in [2.75, 3.05) is 23.7 Å². The number of hydrogen-bond donors (Lipinski definition) is 2. The summed E-state index contributed by atoms with van der Waals surface area (Å²) in [5, 5.41) is 2.71. The van der Waals surface area contributed by atoms with Crippen LogP contribution in [0.5, 0.6) is 0 Å². The van der Waals surface area contributed by atoms with Crippen LogP contribution in [0.4, 0.5) is 11.4 Å². The van der Waals surface area contributed by atoms with Crippen molar-refractivity contribution in [3.05, 3.63) is 59.7 Å². The lowest BCUT2D eigenvalue weighted by Crippen LogP contribution is -2.39.